The Labute approximate surface area is 294 Å². The molecule has 0 aliphatic heterocycles. The van der Waals surface area contributed by atoms with Crippen molar-refractivity contribution >= 4 is 75.8 Å². The second kappa shape index (κ2) is 10.9. The van der Waals surface area contributed by atoms with Gasteiger partial charge in [0.25, 0.3) is 0 Å². The summed E-state index contributed by atoms with van der Waals surface area (Å²) in [5.74, 6) is 0. The largest absolute Gasteiger partial charge is 0.456 e. The maximum absolute atomic E-state index is 6.39. The third-order valence-corrected chi connectivity index (χ3v) is 10.8. The molecule has 0 aliphatic rings. The molecule has 11 aromatic rings. The highest BCUT2D eigenvalue weighted by Crippen LogP contribution is 2.47. The van der Waals surface area contributed by atoms with E-state index >= 15 is 0 Å². The van der Waals surface area contributed by atoms with E-state index in [0.29, 0.717) is 0 Å². The first-order chi connectivity index (χ1) is 25.3. The van der Waals surface area contributed by atoms with E-state index in [1.807, 2.05) is 0 Å². The predicted octanol–water partition coefficient (Wildman–Crippen LogP) is 14.4. The normalized spacial score (nSPS) is 11.9. The first-order valence-electron chi connectivity index (χ1n) is 17.6. The fraction of sp³-hybridized carbons (Fsp3) is 0. The van der Waals surface area contributed by atoms with Crippen molar-refractivity contribution in [2.75, 3.05) is 0 Å². The molecule has 10 aromatic carbocycles. The molecule has 0 saturated carbocycles. The minimum Gasteiger partial charge on any atom is -0.456 e. The SMILES string of the molecule is c1ccc2cc3c(cc2c1)oc1ccc(-c2cc(-c4c5ccccc5c(-c5cccc6ccccc56)c5ccccc45)c4ccccc4c2)cc13. The molecule has 0 radical (unpaired) electrons. The summed E-state index contributed by atoms with van der Waals surface area (Å²) < 4.78 is 6.39. The highest BCUT2D eigenvalue weighted by Gasteiger charge is 2.20. The van der Waals surface area contributed by atoms with Crippen LogP contribution in [0.3, 0.4) is 0 Å². The van der Waals surface area contributed by atoms with E-state index in [-0.39, 0.29) is 0 Å². The van der Waals surface area contributed by atoms with Crippen LogP contribution in [0.5, 0.6) is 0 Å². The molecule has 1 aromatic heterocycles. The van der Waals surface area contributed by atoms with Gasteiger partial charge in [0.15, 0.2) is 0 Å². The van der Waals surface area contributed by atoms with Gasteiger partial charge in [0, 0.05) is 10.8 Å². The average Bonchev–Trinajstić information content (AvgIpc) is 3.55. The van der Waals surface area contributed by atoms with Crippen LogP contribution >= 0.6 is 0 Å². The van der Waals surface area contributed by atoms with Gasteiger partial charge < -0.3 is 4.42 Å². The molecule has 236 valence electrons. The quantitative estimate of drug-likeness (QED) is 0.174. The van der Waals surface area contributed by atoms with Crippen molar-refractivity contribution in [2.24, 2.45) is 0 Å². The van der Waals surface area contributed by atoms with Gasteiger partial charge in [0.2, 0.25) is 0 Å². The molecular formula is C50H30O. The van der Waals surface area contributed by atoms with Crippen LogP contribution in [0.2, 0.25) is 0 Å². The fourth-order valence-electron chi connectivity index (χ4n) is 8.48. The van der Waals surface area contributed by atoms with Crippen LogP contribution < -0.4 is 0 Å². The van der Waals surface area contributed by atoms with Crippen molar-refractivity contribution < 1.29 is 4.42 Å². The van der Waals surface area contributed by atoms with Gasteiger partial charge in [-0.2, -0.15) is 0 Å². The standard InChI is InChI=1S/C50H30O/c1-2-14-33-30-48-45(27-32(33)13-1)44-28-34(24-25-47(44)51-48)36-26-35-15-4-6-18-38(35)46(29-36)50-42-21-9-7-19-40(42)49(41-20-8-10-22-43(41)50)39-23-11-16-31-12-3-5-17-37(31)39/h1-30H. The summed E-state index contributed by atoms with van der Waals surface area (Å²) >= 11 is 0. The summed E-state index contributed by atoms with van der Waals surface area (Å²) in [4.78, 5) is 0. The van der Waals surface area contributed by atoms with Crippen molar-refractivity contribution in [1.29, 1.82) is 0 Å². The van der Waals surface area contributed by atoms with Crippen LogP contribution in [0.4, 0.5) is 0 Å². The van der Waals surface area contributed by atoms with Crippen LogP contribution in [-0.4, -0.2) is 0 Å². The summed E-state index contributed by atoms with van der Waals surface area (Å²) in [5, 5.41) is 14.7. The lowest BCUT2D eigenvalue weighted by atomic mass is 9.83. The first kappa shape index (κ1) is 28.2. The van der Waals surface area contributed by atoms with Gasteiger partial charge in [-0.05, 0) is 124 Å². The number of hydrogen-bond donors (Lipinski definition) is 0. The molecule has 51 heavy (non-hydrogen) atoms. The van der Waals surface area contributed by atoms with Crippen molar-refractivity contribution in [2.45, 2.75) is 0 Å². The fourth-order valence-corrected chi connectivity index (χ4v) is 8.48. The Morgan fingerprint density at radius 2 is 0.765 bits per heavy atom. The maximum Gasteiger partial charge on any atom is 0.136 e. The van der Waals surface area contributed by atoms with Gasteiger partial charge in [0.1, 0.15) is 11.2 Å². The number of benzene rings is 10. The van der Waals surface area contributed by atoms with Crippen molar-refractivity contribution in [3.63, 3.8) is 0 Å². The third kappa shape index (κ3) is 4.28. The molecule has 0 saturated heterocycles. The van der Waals surface area contributed by atoms with Crippen molar-refractivity contribution in [1.82, 2.24) is 0 Å². The Morgan fingerprint density at radius 1 is 0.255 bits per heavy atom. The average molecular weight is 647 g/mol. The number of fused-ring (bicyclic) bond motifs is 8. The van der Waals surface area contributed by atoms with Gasteiger partial charge in [-0.25, -0.2) is 0 Å². The molecule has 0 unspecified atom stereocenters. The number of rotatable bonds is 3. The van der Waals surface area contributed by atoms with E-state index < -0.39 is 0 Å². The highest BCUT2D eigenvalue weighted by atomic mass is 16.3. The van der Waals surface area contributed by atoms with Crippen LogP contribution in [0.25, 0.3) is 109 Å². The van der Waals surface area contributed by atoms with Gasteiger partial charge >= 0.3 is 0 Å². The van der Waals surface area contributed by atoms with Crippen molar-refractivity contribution in [3.8, 4) is 33.4 Å². The van der Waals surface area contributed by atoms with Crippen LogP contribution in [0.1, 0.15) is 0 Å². The molecule has 11 rings (SSSR count). The minimum atomic E-state index is 0.908. The molecule has 0 bridgehead atoms. The summed E-state index contributed by atoms with van der Waals surface area (Å²) in [6.07, 6.45) is 0. The summed E-state index contributed by atoms with van der Waals surface area (Å²) in [6, 6.07) is 66.5. The lowest BCUT2D eigenvalue weighted by Gasteiger charge is -2.20. The highest BCUT2D eigenvalue weighted by molar-refractivity contribution is 6.25. The Hall–Kier alpha value is -6.70. The van der Waals surface area contributed by atoms with Crippen LogP contribution in [-0.2, 0) is 0 Å². The second-order valence-corrected chi connectivity index (χ2v) is 13.6. The molecule has 0 atom stereocenters. The molecule has 1 nitrogen and oxygen atoms in total. The lowest BCUT2D eigenvalue weighted by Crippen LogP contribution is -1.93. The molecule has 0 amide bonds. The third-order valence-electron chi connectivity index (χ3n) is 10.8. The Kier molecular flexibility index (Phi) is 6.02. The Morgan fingerprint density at radius 3 is 1.45 bits per heavy atom. The summed E-state index contributed by atoms with van der Waals surface area (Å²) in [7, 11) is 0. The zero-order valence-electron chi connectivity index (χ0n) is 27.7. The van der Waals surface area contributed by atoms with E-state index in [0.717, 1.165) is 21.9 Å². The summed E-state index contributed by atoms with van der Waals surface area (Å²) in [5.41, 5.74) is 9.24. The molecule has 0 fully saturated rings. The molecule has 0 N–H and O–H groups in total. The monoisotopic (exact) mass is 646 g/mol. The van der Waals surface area contributed by atoms with Gasteiger partial charge in [-0.1, -0.05) is 146 Å². The zero-order valence-corrected chi connectivity index (χ0v) is 27.7. The molecule has 0 spiro atoms. The summed E-state index contributed by atoms with van der Waals surface area (Å²) in [6.45, 7) is 0. The van der Waals surface area contributed by atoms with Gasteiger partial charge in [-0.15, -0.1) is 0 Å². The van der Waals surface area contributed by atoms with Gasteiger partial charge in [-0.3, -0.25) is 0 Å². The Bertz CT molecular complexity index is 3130. The van der Waals surface area contributed by atoms with Crippen molar-refractivity contribution in [3.05, 3.63) is 182 Å². The molecular weight excluding hydrogens is 617 g/mol. The lowest BCUT2D eigenvalue weighted by molar-refractivity contribution is 0.669. The van der Waals surface area contributed by atoms with Crippen LogP contribution in [0, 0.1) is 0 Å². The van der Waals surface area contributed by atoms with Gasteiger partial charge in [0.05, 0.1) is 0 Å². The topological polar surface area (TPSA) is 13.1 Å². The molecule has 0 aliphatic carbocycles. The van der Waals surface area contributed by atoms with E-state index in [2.05, 4.69) is 182 Å². The molecule has 1 heteroatoms. The van der Waals surface area contributed by atoms with E-state index in [9.17, 15) is 0 Å². The number of furan rings is 1. The second-order valence-electron chi connectivity index (χ2n) is 13.6. The minimum absolute atomic E-state index is 0.908. The van der Waals surface area contributed by atoms with E-state index in [4.69, 9.17) is 4.42 Å². The zero-order chi connectivity index (χ0) is 33.5. The Balaban J connectivity index is 1.21. The maximum atomic E-state index is 6.39. The first-order valence-corrected chi connectivity index (χ1v) is 17.6. The molecule has 1 heterocycles. The predicted molar refractivity (Wildman–Crippen MR) is 218 cm³/mol. The smallest absolute Gasteiger partial charge is 0.136 e. The van der Waals surface area contributed by atoms with E-state index in [1.54, 1.807) is 0 Å². The van der Waals surface area contributed by atoms with E-state index in [1.165, 1.54) is 87.2 Å². The number of hydrogen-bond acceptors (Lipinski definition) is 1. The van der Waals surface area contributed by atoms with Crippen LogP contribution in [0.15, 0.2) is 186 Å².